The zero-order chi connectivity index (χ0) is 23.3. The summed E-state index contributed by atoms with van der Waals surface area (Å²) >= 11 is 0. The molecule has 1 saturated heterocycles. The predicted octanol–water partition coefficient (Wildman–Crippen LogP) is 3.24. The highest BCUT2D eigenvalue weighted by molar-refractivity contribution is 5.91. The molecule has 1 aliphatic heterocycles. The molecule has 2 atom stereocenters. The van der Waals surface area contributed by atoms with Gasteiger partial charge in [0, 0.05) is 18.9 Å². The molecule has 5 nitrogen and oxygen atoms in total. The summed E-state index contributed by atoms with van der Waals surface area (Å²) in [6.07, 6.45) is 0.815. The second-order valence-corrected chi connectivity index (χ2v) is 9.34. The molecule has 1 fully saturated rings. The fraction of sp³-hybridized carbons (Fsp3) is 0.286. The highest BCUT2D eigenvalue weighted by Crippen LogP contribution is 2.44. The third-order valence-corrected chi connectivity index (χ3v) is 7.00. The first-order valence-electron chi connectivity index (χ1n) is 11.5. The summed E-state index contributed by atoms with van der Waals surface area (Å²) in [5.41, 5.74) is 8.16. The number of carbonyl (C=O) groups excluding carboxylic acids is 2. The Labute approximate surface area is 195 Å². The van der Waals surface area contributed by atoms with E-state index in [1.54, 1.807) is 0 Å². The molecule has 1 heterocycles. The molecule has 1 unspecified atom stereocenters. The summed E-state index contributed by atoms with van der Waals surface area (Å²) in [6.45, 7) is 2.41. The van der Waals surface area contributed by atoms with Gasteiger partial charge in [0.2, 0.25) is 5.91 Å². The van der Waals surface area contributed by atoms with Crippen molar-refractivity contribution in [3.63, 3.8) is 0 Å². The Bertz CT molecular complexity index is 1050. The molecular formula is C28H32N3O2+. The quantitative estimate of drug-likeness (QED) is 0.526. The number of likely N-dealkylation sites (tertiary alicyclic amines) is 1. The molecule has 2 amide bonds. The molecule has 3 aromatic carbocycles. The van der Waals surface area contributed by atoms with Crippen LogP contribution in [0.15, 0.2) is 91.0 Å². The van der Waals surface area contributed by atoms with Crippen LogP contribution in [0.5, 0.6) is 0 Å². The molecule has 0 aromatic heterocycles. The summed E-state index contributed by atoms with van der Waals surface area (Å²) in [4.78, 5) is 26.0. The lowest BCUT2D eigenvalue weighted by molar-refractivity contribution is -0.891. The Morgan fingerprint density at radius 3 is 1.94 bits per heavy atom. The van der Waals surface area contributed by atoms with Gasteiger partial charge in [-0.1, -0.05) is 91.0 Å². The van der Waals surface area contributed by atoms with Crippen molar-refractivity contribution in [1.82, 2.24) is 5.32 Å². The fourth-order valence-electron chi connectivity index (χ4n) is 5.40. The average Bonchev–Trinajstić information content (AvgIpc) is 3.21. The monoisotopic (exact) mass is 442 g/mol. The number of amides is 2. The molecule has 0 aliphatic carbocycles. The van der Waals surface area contributed by atoms with E-state index in [-0.39, 0.29) is 17.7 Å². The third-order valence-electron chi connectivity index (χ3n) is 7.00. The molecule has 33 heavy (non-hydrogen) atoms. The Morgan fingerprint density at radius 1 is 0.909 bits per heavy atom. The number of carbonyl (C=O) groups is 2. The second-order valence-electron chi connectivity index (χ2n) is 9.34. The Balaban J connectivity index is 1.57. The Hall–Kier alpha value is -3.44. The minimum Gasteiger partial charge on any atom is -0.369 e. The van der Waals surface area contributed by atoms with Crippen molar-refractivity contribution in [2.75, 3.05) is 26.7 Å². The van der Waals surface area contributed by atoms with Gasteiger partial charge in [0.1, 0.15) is 5.41 Å². The molecule has 5 heteroatoms. The molecule has 4 rings (SSSR count). The number of benzene rings is 3. The summed E-state index contributed by atoms with van der Waals surface area (Å²) in [7, 11) is 2.10. The molecule has 3 N–H and O–H groups in total. The summed E-state index contributed by atoms with van der Waals surface area (Å²) in [5, 5.41) is 3.04. The maximum absolute atomic E-state index is 13.2. The molecule has 0 spiro atoms. The number of hydrogen-bond acceptors (Lipinski definition) is 2. The third kappa shape index (κ3) is 4.69. The Morgan fingerprint density at radius 2 is 1.42 bits per heavy atom. The number of nitrogens with one attached hydrogen (secondary N) is 1. The van der Waals surface area contributed by atoms with E-state index in [9.17, 15) is 9.59 Å². The average molecular weight is 443 g/mol. The minimum atomic E-state index is -0.932. The second kappa shape index (κ2) is 9.59. The number of quaternary nitrogens is 1. The summed E-state index contributed by atoms with van der Waals surface area (Å²) in [5.74, 6) is -0.329. The first-order valence-corrected chi connectivity index (χ1v) is 11.5. The van der Waals surface area contributed by atoms with Gasteiger partial charge in [-0.3, -0.25) is 9.59 Å². The zero-order valence-electron chi connectivity index (χ0n) is 19.1. The van der Waals surface area contributed by atoms with Gasteiger partial charge in [0.25, 0.3) is 5.91 Å². The van der Waals surface area contributed by atoms with Gasteiger partial charge >= 0.3 is 0 Å². The van der Waals surface area contributed by atoms with Crippen LogP contribution in [-0.2, 0) is 21.5 Å². The minimum absolute atomic E-state index is 0.00766. The van der Waals surface area contributed by atoms with Crippen molar-refractivity contribution >= 4 is 11.8 Å². The van der Waals surface area contributed by atoms with Crippen molar-refractivity contribution < 1.29 is 14.1 Å². The maximum Gasteiger partial charge on any atom is 0.275 e. The normalized spacial score (nSPS) is 20.3. The van der Waals surface area contributed by atoms with E-state index in [0.717, 1.165) is 29.7 Å². The number of nitrogens with zero attached hydrogens (tertiary/aromatic N) is 1. The molecule has 0 saturated carbocycles. The standard InChI is InChI=1S/C28H31N3O2/c1-31(21-26(32)30-19-22-11-5-2-6-12-22)18-17-25(20-31)28(27(29)33,23-13-7-3-8-14-23)24-15-9-4-10-16-24/h2-16,25H,17-21H2,1H3,(H2-,29,30,32,33)/p+1/t25?,31-/m0/s1. The van der Waals surface area contributed by atoms with E-state index in [0.29, 0.717) is 24.1 Å². The topological polar surface area (TPSA) is 72.2 Å². The lowest BCUT2D eigenvalue weighted by Gasteiger charge is -2.38. The van der Waals surface area contributed by atoms with Crippen LogP contribution in [0.1, 0.15) is 23.1 Å². The van der Waals surface area contributed by atoms with Crippen LogP contribution in [0.25, 0.3) is 0 Å². The molecule has 1 aliphatic rings. The highest BCUT2D eigenvalue weighted by atomic mass is 16.2. The largest absolute Gasteiger partial charge is 0.369 e. The maximum atomic E-state index is 13.2. The number of likely N-dealkylation sites (N-methyl/N-ethyl adjacent to an activating group) is 1. The van der Waals surface area contributed by atoms with E-state index in [4.69, 9.17) is 5.73 Å². The van der Waals surface area contributed by atoms with E-state index >= 15 is 0 Å². The van der Waals surface area contributed by atoms with E-state index in [2.05, 4.69) is 12.4 Å². The van der Waals surface area contributed by atoms with Crippen molar-refractivity contribution in [3.8, 4) is 0 Å². The first-order chi connectivity index (χ1) is 15.9. The number of primary amides is 1. The van der Waals surface area contributed by atoms with Crippen LogP contribution >= 0.6 is 0 Å². The van der Waals surface area contributed by atoms with Gasteiger partial charge in [-0.2, -0.15) is 0 Å². The van der Waals surface area contributed by atoms with Crippen LogP contribution in [0.2, 0.25) is 0 Å². The lowest BCUT2D eigenvalue weighted by atomic mass is 9.64. The van der Waals surface area contributed by atoms with Gasteiger partial charge in [-0.15, -0.1) is 0 Å². The van der Waals surface area contributed by atoms with Gasteiger partial charge < -0.3 is 15.5 Å². The van der Waals surface area contributed by atoms with Crippen molar-refractivity contribution in [2.45, 2.75) is 18.4 Å². The molecule has 0 radical (unpaired) electrons. The predicted molar refractivity (Wildman–Crippen MR) is 130 cm³/mol. The van der Waals surface area contributed by atoms with Gasteiger partial charge in [0.15, 0.2) is 6.54 Å². The van der Waals surface area contributed by atoms with E-state index in [1.807, 2.05) is 91.0 Å². The van der Waals surface area contributed by atoms with Crippen molar-refractivity contribution in [2.24, 2.45) is 11.7 Å². The highest BCUT2D eigenvalue weighted by Gasteiger charge is 2.53. The molecule has 0 bridgehead atoms. The van der Waals surface area contributed by atoms with Crippen molar-refractivity contribution in [1.29, 1.82) is 0 Å². The van der Waals surface area contributed by atoms with Crippen LogP contribution in [0.4, 0.5) is 0 Å². The van der Waals surface area contributed by atoms with Crippen molar-refractivity contribution in [3.05, 3.63) is 108 Å². The number of rotatable bonds is 8. The summed E-state index contributed by atoms with van der Waals surface area (Å²) < 4.78 is 0.583. The number of nitrogens with two attached hydrogens (primary N) is 1. The molecule has 170 valence electrons. The Kier molecular flexibility index (Phi) is 6.61. The lowest BCUT2D eigenvalue weighted by Crippen LogP contribution is -2.53. The number of hydrogen-bond donors (Lipinski definition) is 2. The molecular weight excluding hydrogens is 410 g/mol. The van der Waals surface area contributed by atoms with Gasteiger partial charge in [-0.25, -0.2) is 0 Å². The van der Waals surface area contributed by atoms with E-state index in [1.165, 1.54) is 0 Å². The van der Waals surface area contributed by atoms with Crippen LogP contribution in [-0.4, -0.2) is 43.0 Å². The molecule has 3 aromatic rings. The van der Waals surface area contributed by atoms with E-state index < -0.39 is 5.41 Å². The zero-order valence-corrected chi connectivity index (χ0v) is 19.1. The van der Waals surface area contributed by atoms with Crippen LogP contribution < -0.4 is 11.1 Å². The fourth-order valence-corrected chi connectivity index (χ4v) is 5.40. The first kappa shape index (κ1) is 22.7. The van der Waals surface area contributed by atoms with Gasteiger partial charge in [-0.05, 0) is 16.7 Å². The summed E-state index contributed by atoms with van der Waals surface area (Å²) in [6, 6.07) is 29.6. The smallest absolute Gasteiger partial charge is 0.275 e. The SMILES string of the molecule is C[N@+]1(CC(=O)NCc2ccccc2)CCC(C(C(N)=O)(c2ccccc2)c2ccccc2)C1. The van der Waals surface area contributed by atoms with Gasteiger partial charge in [0.05, 0.1) is 20.1 Å². The van der Waals surface area contributed by atoms with Crippen LogP contribution in [0.3, 0.4) is 0 Å². The van der Waals surface area contributed by atoms with Crippen LogP contribution in [0, 0.1) is 5.92 Å².